The van der Waals surface area contributed by atoms with E-state index < -0.39 is 17.4 Å². The quantitative estimate of drug-likeness (QED) is 0.120. The van der Waals surface area contributed by atoms with Crippen LogP contribution in [0.15, 0.2) is 157 Å². The van der Waals surface area contributed by atoms with Gasteiger partial charge < -0.3 is 0 Å². The van der Waals surface area contributed by atoms with E-state index >= 15 is 0 Å². The van der Waals surface area contributed by atoms with Crippen LogP contribution < -0.4 is 0 Å². The van der Waals surface area contributed by atoms with Crippen molar-refractivity contribution in [2.75, 3.05) is 0 Å². The molecule has 318 valence electrons. The molecular weight excluding hydrogens is 887 g/mol. The molecule has 6 aromatic carbocycles. The Kier molecular flexibility index (Phi) is 13.7. The first-order valence-corrected chi connectivity index (χ1v) is 37.0. The molecule has 0 bridgehead atoms. The summed E-state index contributed by atoms with van der Waals surface area (Å²) < 4.78 is 6.73. The molecule has 0 amide bonds. The second kappa shape index (κ2) is 18.9. The third-order valence-electron chi connectivity index (χ3n) is 15.3. The van der Waals surface area contributed by atoms with Crippen LogP contribution in [0.4, 0.5) is 0 Å². The van der Waals surface area contributed by atoms with Crippen LogP contribution in [0.5, 0.6) is 0 Å². The Labute approximate surface area is 387 Å². The molecule has 2 fully saturated rings. The van der Waals surface area contributed by atoms with Gasteiger partial charge in [-0.1, -0.05) is 0 Å². The molecule has 0 radical (unpaired) electrons. The Hall–Kier alpha value is -3.52. The minimum absolute atomic E-state index is 0. The molecule has 0 nitrogen and oxygen atoms in total. The molecule has 4 aliphatic carbocycles. The van der Waals surface area contributed by atoms with Crippen LogP contribution in [-0.2, 0) is 17.4 Å². The van der Waals surface area contributed by atoms with Gasteiger partial charge in [-0.15, -0.1) is 24.8 Å². The number of fused-ring (bicyclic) bond motifs is 2. The van der Waals surface area contributed by atoms with E-state index in [-0.39, 0.29) is 24.8 Å². The maximum absolute atomic E-state index is 4.20. The number of hydrogen-bond donors (Lipinski definition) is 0. The third kappa shape index (κ3) is 8.56. The van der Waals surface area contributed by atoms with Gasteiger partial charge in [-0.3, -0.25) is 0 Å². The Bertz CT molecular complexity index is 2450. The van der Waals surface area contributed by atoms with E-state index in [0.717, 1.165) is 11.8 Å². The van der Waals surface area contributed by atoms with Crippen LogP contribution in [0.25, 0.3) is 56.7 Å². The van der Waals surface area contributed by atoms with Crippen LogP contribution in [0.1, 0.15) is 107 Å². The molecule has 2 atom stereocenters. The normalized spacial score (nSPS) is 19.1. The van der Waals surface area contributed by atoms with Crippen LogP contribution in [0.3, 0.4) is 0 Å². The van der Waals surface area contributed by atoms with E-state index in [9.17, 15) is 0 Å². The fourth-order valence-corrected chi connectivity index (χ4v) is 32.2. The summed E-state index contributed by atoms with van der Waals surface area (Å²) in [5.41, 5.74) is 20.9. The minimum atomic E-state index is -4.20. The van der Waals surface area contributed by atoms with Gasteiger partial charge >= 0.3 is 365 Å². The molecule has 0 aromatic heterocycles. The molecule has 0 N–H and O–H groups in total. The molecule has 0 aliphatic heterocycles. The van der Waals surface area contributed by atoms with E-state index in [4.69, 9.17) is 0 Å². The van der Waals surface area contributed by atoms with E-state index in [2.05, 4.69) is 174 Å². The Morgan fingerprint density at radius 2 is 0.694 bits per heavy atom. The summed E-state index contributed by atoms with van der Waals surface area (Å²) in [4.78, 5) is 0. The van der Waals surface area contributed by atoms with Gasteiger partial charge in [0.05, 0.1) is 0 Å². The second-order valence-corrected chi connectivity index (χ2v) is 50.6. The third-order valence-corrected chi connectivity index (χ3v) is 32.7. The zero-order valence-corrected chi connectivity index (χ0v) is 42.3. The van der Waals surface area contributed by atoms with Gasteiger partial charge in [-0.2, -0.15) is 0 Å². The predicted octanol–water partition coefficient (Wildman–Crippen LogP) is 17.0. The first kappa shape index (κ1) is 45.1. The van der Waals surface area contributed by atoms with Gasteiger partial charge in [0.1, 0.15) is 0 Å². The van der Waals surface area contributed by atoms with Gasteiger partial charge in [0, 0.05) is 0 Å². The molecule has 10 rings (SSSR count). The first-order chi connectivity index (χ1) is 29.3. The van der Waals surface area contributed by atoms with Crippen molar-refractivity contribution in [2.45, 2.75) is 93.6 Å². The Balaban J connectivity index is 0.00000264. The monoisotopic (exact) mass is 948 g/mol. The Morgan fingerprint density at radius 1 is 0.403 bits per heavy atom. The first-order valence-electron chi connectivity index (χ1n) is 23.4. The summed E-state index contributed by atoms with van der Waals surface area (Å²) >= 11 is -4.20. The van der Waals surface area contributed by atoms with E-state index in [1.54, 1.807) is 22.3 Å². The topological polar surface area (TPSA) is 0 Å². The molecule has 2 saturated carbocycles. The van der Waals surface area contributed by atoms with Crippen molar-refractivity contribution in [3.8, 4) is 44.5 Å². The summed E-state index contributed by atoms with van der Waals surface area (Å²) in [5.74, 6) is 1.54. The molecule has 2 unspecified atom stereocenters. The average molecular weight is 951 g/mol. The van der Waals surface area contributed by atoms with Crippen molar-refractivity contribution in [2.24, 2.45) is 11.8 Å². The molecular formula is C58H64Cl2SiZr. The van der Waals surface area contributed by atoms with Crippen LogP contribution >= 0.6 is 24.8 Å². The fourth-order valence-electron chi connectivity index (χ4n) is 12.7. The number of allylic oxidation sites excluding steroid dienone is 2. The fraction of sp³-hybridized carbons (Fsp3) is 0.310. The summed E-state index contributed by atoms with van der Waals surface area (Å²) in [6.07, 6.45) is 21.9. The molecule has 0 heterocycles. The van der Waals surface area contributed by atoms with Crippen LogP contribution in [-0.4, -0.2) is 6.88 Å². The summed E-state index contributed by atoms with van der Waals surface area (Å²) in [6.45, 7) is 2.58. The van der Waals surface area contributed by atoms with Gasteiger partial charge in [0.25, 0.3) is 0 Å². The van der Waals surface area contributed by atoms with Gasteiger partial charge in [0.2, 0.25) is 0 Å². The SMILES string of the molecule is Cl.Cl.[CH3][Zr]([CH3])(=[SiH2])([CH]1C(CC2CCCCC2)=Cc2c(-c3ccccc3)ccc(-c3ccccc3)c21)[CH]1C(CC2CCCCC2)=Cc2c(-c3ccccc3)ccc(-c3ccccc3)c21. The maximum atomic E-state index is 2.93. The molecule has 0 saturated heterocycles. The van der Waals surface area contributed by atoms with Crippen LogP contribution in [0, 0.1) is 11.8 Å². The number of hydrogen-bond acceptors (Lipinski definition) is 0. The standard InChI is InChI=1S/2C28H27.2CH3.2ClH.H2Si.Zr/c2*1-4-10-21(11-5-1)18-22-19-27-25(23-12-6-2-7-13-23)16-17-26(28(27)20-22)24-14-8-3-9-15-24;;;;;;/h2*2-3,6-9,12-17,19-21H,1,4-5,10-11,18H2;2*1H3;2*1H;1H2;. The predicted molar refractivity (Wildman–Crippen MR) is 273 cm³/mol. The summed E-state index contributed by atoms with van der Waals surface area (Å²) in [7, 11) is 0. The molecule has 0 spiro atoms. The van der Waals surface area contributed by atoms with Crippen molar-refractivity contribution in [3.05, 3.63) is 179 Å². The van der Waals surface area contributed by atoms with Crippen molar-refractivity contribution < 1.29 is 17.4 Å². The zero-order chi connectivity index (χ0) is 40.7. The average Bonchev–Trinajstić information content (AvgIpc) is 3.88. The van der Waals surface area contributed by atoms with Gasteiger partial charge in [-0.25, -0.2) is 0 Å². The summed E-state index contributed by atoms with van der Waals surface area (Å²) in [5, 5.41) is 0. The van der Waals surface area contributed by atoms with E-state index in [1.807, 2.05) is 0 Å². The number of halogens is 2. The second-order valence-electron chi connectivity index (χ2n) is 20.1. The number of rotatable bonds is 10. The number of benzene rings is 6. The molecule has 62 heavy (non-hydrogen) atoms. The Morgan fingerprint density at radius 3 is 1.02 bits per heavy atom. The van der Waals surface area contributed by atoms with E-state index in [0.29, 0.717) is 7.25 Å². The van der Waals surface area contributed by atoms with Crippen molar-refractivity contribution in [3.63, 3.8) is 0 Å². The van der Waals surface area contributed by atoms with E-state index in [1.165, 1.54) is 133 Å². The van der Waals surface area contributed by atoms with Gasteiger partial charge in [-0.05, 0) is 0 Å². The summed E-state index contributed by atoms with van der Waals surface area (Å²) in [6, 6.07) is 55.4. The van der Waals surface area contributed by atoms with Crippen molar-refractivity contribution >= 4 is 43.8 Å². The molecule has 6 aromatic rings. The van der Waals surface area contributed by atoms with Gasteiger partial charge in [0.15, 0.2) is 0 Å². The van der Waals surface area contributed by atoms with Crippen molar-refractivity contribution in [1.29, 1.82) is 0 Å². The molecule has 4 aliphatic rings. The molecule has 4 heteroatoms. The van der Waals surface area contributed by atoms with Crippen LogP contribution in [0.2, 0.25) is 9.26 Å². The van der Waals surface area contributed by atoms with Crippen molar-refractivity contribution in [1.82, 2.24) is 0 Å². The zero-order valence-electron chi connectivity index (χ0n) is 36.8.